The third-order valence-electron chi connectivity index (χ3n) is 2.46. The highest BCUT2D eigenvalue weighted by Gasteiger charge is 2.15. The fraction of sp³-hybridized carbons (Fsp3) is 0.700. The first-order chi connectivity index (χ1) is 5.25. The molecule has 1 saturated carbocycles. The Morgan fingerprint density at radius 2 is 2.00 bits per heavy atom. The van der Waals surface area contributed by atoms with Crippen LogP contribution in [0.3, 0.4) is 0 Å². The van der Waals surface area contributed by atoms with Gasteiger partial charge in [0.05, 0.1) is 0 Å². The molecule has 1 aliphatic carbocycles. The fourth-order valence-electron chi connectivity index (χ4n) is 1.54. The highest BCUT2D eigenvalue weighted by molar-refractivity contribution is 5.96. The second kappa shape index (κ2) is 3.70. The first-order valence-corrected chi connectivity index (χ1v) is 4.47. The molecule has 0 spiro atoms. The number of ketones is 1. The molecule has 0 aromatic rings. The molecule has 1 aliphatic rings. The van der Waals surface area contributed by atoms with Gasteiger partial charge in [0, 0.05) is 6.42 Å². The molecule has 0 bridgehead atoms. The number of rotatable bonds is 1. The zero-order valence-electron chi connectivity index (χ0n) is 7.44. The Morgan fingerprint density at radius 3 is 2.55 bits per heavy atom. The molecule has 0 radical (unpaired) electrons. The molecule has 11 heavy (non-hydrogen) atoms. The Hall–Kier alpha value is -0.590. The van der Waals surface area contributed by atoms with Gasteiger partial charge in [0.15, 0.2) is 5.78 Å². The van der Waals surface area contributed by atoms with E-state index in [9.17, 15) is 4.79 Å². The van der Waals surface area contributed by atoms with Gasteiger partial charge in [0.25, 0.3) is 0 Å². The predicted molar refractivity (Wildman–Crippen MR) is 46.5 cm³/mol. The van der Waals surface area contributed by atoms with Gasteiger partial charge in [-0.2, -0.15) is 0 Å². The van der Waals surface area contributed by atoms with Crippen LogP contribution in [0.25, 0.3) is 0 Å². The third-order valence-corrected chi connectivity index (χ3v) is 2.46. The molecule has 1 heteroatoms. The van der Waals surface area contributed by atoms with Gasteiger partial charge in [-0.25, -0.2) is 0 Å². The van der Waals surface area contributed by atoms with E-state index in [2.05, 4.69) is 13.8 Å². The van der Waals surface area contributed by atoms with Crippen LogP contribution in [0.2, 0.25) is 0 Å². The van der Waals surface area contributed by atoms with Gasteiger partial charge in [-0.1, -0.05) is 12.5 Å². The molecular weight excluding hydrogens is 136 g/mol. The van der Waals surface area contributed by atoms with Gasteiger partial charge >= 0.3 is 0 Å². The molecule has 0 saturated heterocycles. The van der Waals surface area contributed by atoms with Crippen molar-refractivity contribution in [1.82, 2.24) is 0 Å². The minimum Gasteiger partial charge on any atom is -0.295 e. The highest BCUT2D eigenvalue weighted by Crippen LogP contribution is 2.23. The predicted octanol–water partition coefficient (Wildman–Crippen LogP) is 2.86. The van der Waals surface area contributed by atoms with Crippen molar-refractivity contribution in [3.05, 3.63) is 11.1 Å². The van der Waals surface area contributed by atoms with E-state index < -0.39 is 0 Å². The van der Waals surface area contributed by atoms with Crippen LogP contribution in [0.4, 0.5) is 0 Å². The van der Waals surface area contributed by atoms with Gasteiger partial charge in [-0.3, -0.25) is 4.79 Å². The van der Waals surface area contributed by atoms with Crippen molar-refractivity contribution in [2.75, 3.05) is 0 Å². The second-order valence-electron chi connectivity index (χ2n) is 3.24. The van der Waals surface area contributed by atoms with Crippen LogP contribution in [0.5, 0.6) is 0 Å². The number of Topliss-reactive ketones (excluding diaryl/α,β-unsaturated/α-hetero) is 1. The van der Waals surface area contributed by atoms with E-state index in [0.717, 1.165) is 31.3 Å². The van der Waals surface area contributed by atoms with Gasteiger partial charge < -0.3 is 0 Å². The Balaban J connectivity index is 2.75. The SMILES string of the molecule is CCC(C)=C1CCCCC1=O. The smallest absolute Gasteiger partial charge is 0.158 e. The molecule has 0 heterocycles. The average molecular weight is 152 g/mol. The molecule has 0 aliphatic heterocycles. The number of carbonyl (C=O) groups is 1. The lowest BCUT2D eigenvalue weighted by molar-refractivity contribution is -0.116. The zero-order chi connectivity index (χ0) is 8.27. The van der Waals surface area contributed by atoms with Crippen LogP contribution in [0.15, 0.2) is 11.1 Å². The maximum Gasteiger partial charge on any atom is 0.158 e. The minimum atomic E-state index is 0.399. The summed E-state index contributed by atoms with van der Waals surface area (Å²) < 4.78 is 0. The van der Waals surface area contributed by atoms with Crippen LogP contribution in [-0.2, 0) is 4.79 Å². The molecule has 0 atom stereocenters. The summed E-state index contributed by atoms with van der Waals surface area (Å²) in [6.07, 6.45) is 5.14. The third kappa shape index (κ3) is 1.92. The van der Waals surface area contributed by atoms with Gasteiger partial charge in [0.2, 0.25) is 0 Å². The van der Waals surface area contributed by atoms with E-state index in [1.54, 1.807) is 0 Å². The fourth-order valence-corrected chi connectivity index (χ4v) is 1.54. The molecule has 1 nitrogen and oxygen atoms in total. The van der Waals surface area contributed by atoms with E-state index in [-0.39, 0.29) is 0 Å². The first-order valence-electron chi connectivity index (χ1n) is 4.47. The summed E-state index contributed by atoms with van der Waals surface area (Å²) in [4.78, 5) is 11.3. The van der Waals surface area contributed by atoms with E-state index in [0.29, 0.717) is 5.78 Å². The summed E-state index contributed by atoms with van der Waals surface area (Å²) in [6, 6.07) is 0. The van der Waals surface area contributed by atoms with Crippen LogP contribution < -0.4 is 0 Å². The summed E-state index contributed by atoms with van der Waals surface area (Å²) in [7, 11) is 0. The first kappa shape index (κ1) is 8.51. The normalized spacial score (nSPS) is 23.6. The molecule has 0 amide bonds. The van der Waals surface area contributed by atoms with Crippen LogP contribution in [-0.4, -0.2) is 5.78 Å². The lowest BCUT2D eigenvalue weighted by Crippen LogP contribution is -2.10. The quantitative estimate of drug-likeness (QED) is 0.528. The largest absolute Gasteiger partial charge is 0.295 e. The topological polar surface area (TPSA) is 17.1 Å². The van der Waals surface area contributed by atoms with Crippen molar-refractivity contribution in [3.8, 4) is 0 Å². The van der Waals surface area contributed by atoms with E-state index in [1.165, 1.54) is 12.0 Å². The Labute approximate surface area is 68.5 Å². The molecule has 0 aromatic heterocycles. The number of allylic oxidation sites excluding steroid dienone is 2. The minimum absolute atomic E-state index is 0.399. The summed E-state index contributed by atoms with van der Waals surface area (Å²) >= 11 is 0. The molecule has 1 fully saturated rings. The summed E-state index contributed by atoms with van der Waals surface area (Å²) in [6.45, 7) is 4.20. The standard InChI is InChI=1S/C10H16O/c1-3-8(2)9-6-4-5-7-10(9)11/h3-7H2,1-2H3. The lowest BCUT2D eigenvalue weighted by atomic mass is 9.89. The summed E-state index contributed by atoms with van der Waals surface area (Å²) in [5, 5.41) is 0. The average Bonchev–Trinajstić information content (AvgIpc) is 2.04. The summed E-state index contributed by atoms with van der Waals surface area (Å²) in [5.41, 5.74) is 2.42. The van der Waals surface area contributed by atoms with E-state index in [4.69, 9.17) is 0 Å². The maximum absolute atomic E-state index is 11.3. The summed E-state index contributed by atoms with van der Waals surface area (Å²) in [5.74, 6) is 0.399. The molecule has 0 N–H and O–H groups in total. The van der Waals surface area contributed by atoms with Gasteiger partial charge in [-0.05, 0) is 38.2 Å². The van der Waals surface area contributed by atoms with Crippen molar-refractivity contribution < 1.29 is 4.79 Å². The molecule has 62 valence electrons. The number of carbonyl (C=O) groups excluding carboxylic acids is 1. The molecule has 0 unspecified atom stereocenters. The van der Waals surface area contributed by atoms with Crippen molar-refractivity contribution in [2.24, 2.45) is 0 Å². The molecule has 0 aromatic carbocycles. The number of hydrogen-bond acceptors (Lipinski definition) is 1. The highest BCUT2D eigenvalue weighted by atomic mass is 16.1. The van der Waals surface area contributed by atoms with E-state index in [1.807, 2.05) is 0 Å². The molecule has 1 rings (SSSR count). The van der Waals surface area contributed by atoms with E-state index >= 15 is 0 Å². The lowest BCUT2D eigenvalue weighted by Gasteiger charge is -2.14. The van der Waals surface area contributed by atoms with Crippen molar-refractivity contribution in [2.45, 2.75) is 46.0 Å². The Bertz CT molecular complexity index is 189. The van der Waals surface area contributed by atoms with Crippen molar-refractivity contribution in [1.29, 1.82) is 0 Å². The van der Waals surface area contributed by atoms with Crippen molar-refractivity contribution >= 4 is 5.78 Å². The number of hydrogen-bond donors (Lipinski definition) is 0. The Kier molecular flexibility index (Phi) is 2.86. The zero-order valence-corrected chi connectivity index (χ0v) is 7.44. The van der Waals surface area contributed by atoms with Crippen LogP contribution in [0, 0.1) is 0 Å². The maximum atomic E-state index is 11.3. The van der Waals surface area contributed by atoms with Crippen molar-refractivity contribution in [3.63, 3.8) is 0 Å². The molecular formula is C10H16O. The van der Waals surface area contributed by atoms with Gasteiger partial charge in [0.1, 0.15) is 0 Å². The van der Waals surface area contributed by atoms with Gasteiger partial charge in [-0.15, -0.1) is 0 Å². The second-order valence-corrected chi connectivity index (χ2v) is 3.24. The Morgan fingerprint density at radius 1 is 1.36 bits per heavy atom. The monoisotopic (exact) mass is 152 g/mol. The van der Waals surface area contributed by atoms with Crippen LogP contribution >= 0.6 is 0 Å². The van der Waals surface area contributed by atoms with Crippen LogP contribution in [0.1, 0.15) is 46.0 Å².